The molecule has 0 radical (unpaired) electrons. The molecule has 0 saturated carbocycles. The van der Waals surface area contributed by atoms with Crippen molar-refractivity contribution < 1.29 is 27.9 Å². The number of methoxy groups -OCH3 is 1. The Hall–Kier alpha value is -0.230. The van der Waals surface area contributed by atoms with Gasteiger partial charge in [0.1, 0.15) is 6.10 Å². The van der Waals surface area contributed by atoms with Gasteiger partial charge in [0.2, 0.25) is 0 Å². The first-order chi connectivity index (χ1) is 18.7. The highest BCUT2D eigenvalue weighted by Crippen LogP contribution is 2.47. The van der Waals surface area contributed by atoms with Crippen LogP contribution in [-0.2, 0) is 18.6 Å². The van der Waals surface area contributed by atoms with E-state index in [1.807, 2.05) is 28.1 Å². The average Bonchev–Trinajstić information content (AvgIpc) is 2.88. The molecule has 7 heteroatoms. The van der Waals surface area contributed by atoms with Gasteiger partial charge in [0.15, 0.2) is 13.4 Å². The van der Waals surface area contributed by atoms with E-state index >= 15 is 0 Å². The fourth-order valence-electron chi connectivity index (χ4n) is 5.03. The lowest BCUT2D eigenvalue weighted by molar-refractivity contribution is -0.884. The van der Waals surface area contributed by atoms with Crippen LogP contribution in [0.5, 0.6) is 0 Å². The third kappa shape index (κ3) is 23.1. The average molecular weight is 576 g/mol. The Labute approximate surface area is 243 Å². The maximum absolute atomic E-state index is 12.6. The molecule has 0 bridgehead atoms. The second kappa shape index (κ2) is 25.5. The molecule has 6 nitrogen and oxygen atoms in total. The summed E-state index contributed by atoms with van der Waals surface area (Å²) < 4.78 is 29.4. The molecule has 2 unspecified atom stereocenters. The van der Waals surface area contributed by atoms with Crippen molar-refractivity contribution in [2.45, 2.75) is 148 Å². The highest BCUT2D eigenvalue weighted by Gasteiger charge is 2.34. The molecule has 0 aliphatic heterocycles. The molecule has 0 saturated heterocycles. The van der Waals surface area contributed by atoms with Gasteiger partial charge >= 0.3 is 0 Å². The molecule has 0 spiro atoms. The summed E-state index contributed by atoms with van der Waals surface area (Å²) in [6.07, 6.45) is 28.7. The van der Waals surface area contributed by atoms with Gasteiger partial charge in [-0.05, 0) is 32.1 Å². The first-order valence-electron chi connectivity index (χ1n) is 16.2. The smallest absolute Gasteiger partial charge is 0.193 e. The van der Waals surface area contributed by atoms with Crippen LogP contribution in [0.1, 0.15) is 136 Å². The number of nitrogens with zero attached hydrogens (tertiary/aromatic N) is 1. The number of rotatable bonds is 29. The van der Waals surface area contributed by atoms with Crippen molar-refractivity contribution in [3.05, 3.63) is 12.2 Å². The van der Waals surface area contributed by atoms with Crippen molar-refractivity contribution in [2.24, 2.45) is 0 Å². The molecule has 0 N–H and O–H groups in total. The summed E-state index contributed by atoms with van der Waals surface area (Å²) >= 11 is 0. The lowest BCUT2D eigenvalue weighted by atomic mass is 10.1. The fraction of sp³-hybridized carbons (Fsp3) is 0.938. The molecule has 234 valence electrons. The Bertz CT molecular complexity index is 608. The SMILES string of the molecule is CCCCCCCCC/C=C\CCCCCCCCCCCOC[C@H](COP(=O)([O-])C(CC)[N+](C)(C)C)OC. The van der Waals surface area contributed by atoms with E-state index < -0.39 is 13.4 Å². The van der Waals surface area contributed by atoms with Gasteiger partial charge in [0.25, 0.3) is 0 Å². The maximum Gasteiger partial charge on any atom is 0.193 e. The van der Waals surface area contributed by atoms with Crippen LogP contribution >= 0.6 is 7.60 Å². The molecule has 0 heterocycles. The zero-order chi connectivity index (χ0) is 29.2. The highest BCUT2D eigenvalue weighted by atomic mass is 31.2. The molecule has 0 aliphatic carbocycles. The van der Waals surface area contributed by atoms with Crippen LogP contribution < -0.4 is 4.89 Å². The van der Waals surface area contributed by atoms with Crippen LogP contribution in [-0.4, -0.2) is 64.4 Å². The minimum absolute atomic E-state index is 0.00329. The van der Waals surface area contributed by atoms with Crippen molar-refractivity contribution in [1.29, 1.82) is 0 Å². The molecule has 0 aliphatic rings. The molecule has 0 fully saturated rings. The van der Waals surface area contributed by atoms with E-state index in [0.717, 1.165) is 6.42 Å². The lowest BCUT2D eigenvalue weighted by Gasteiger charge is -2.41. The van der Waals surface area contributed by atoms with E-state index in [-0.39, 0.29) is 12.7 Å². The molecule has 39 heavy (non-hydrogen) atoms. The van der Waals surface area contributed by atoms with Crippen LogP contribution in [0.2, 0.25) is 0 Å². The van der Waals surface area contributed by atoms with Crippen LogP contribution in [0.3, 0.4) is 0 Å². The van der Waals surface area contributed by atoms with Gasteiger partial charge in [0, 0.05) is 20.1 Å². The Kier molecular flexibility index (Phi) is 25.3. The van der Waals surface area contributed by atoms with E-state index in [1.54, 1.807) is 7.11 Å². The zero-order valence-electron chi connectivity index (χ0n) is 26.8. The third-order valence-corrected chi connectivity index (χ3v) is 9.80. The Morgan fingerprint density at radius 2 is 1.18 bits per heavy atom. The summed E-state index contributed by atoms with van der Waals surface area (Å²) in [5.41, 5.74) is 0. The van der Waals surface area contributed by atoms with Crippen molar-refractivity contribution in [3.8, 4) is 0 Å². The van der Waals surface area contributed by atoms with E-state index in [9.17, 15) is 9.46 Å². The predicted molar refractivity (Wildman–Crippen MR) is 165 cm³/mol. The maximum atomic E-state index is 12.6. The van der Waals surface area contributed by atoms with Crippen molar-refractivity contribution in [1.82, 2.24) is 0 Å². The van der Waals surface area contributed by atoms with Gasteiger partial charge in [-0.3, -0.25) is 0 Å². The Morgan fingerprint density at radius 1 is 0.718 bits per heavy atom. The lowest BCUT2D eigenvalue weighted by Crippen LogP contribution is -2.47. The van der Waals surface area contributed by atoms with Crippen LogP contribution in [0.15, 0.2) is 12.2 Å². The van der Waals surface area contributed by atoms with Crippen LogP contribution in [0, 0.1) is 0 Å². The van der Waals surface area contributed by atoms with Gasteiger partial charge in [-0.15, -0.1) is 0 Å². The van der Waals surface area contributed by atoms with Gasteiger partial charge in [-0.1, -0.05) is 109 Å². The van der Waals surface area contributed by atoms with Crippen molar-refractivity contribution >= 4 is 7.60 Å². The first kappa shape index (κ1) is 38.8. The Balaban J connectivity index is 3.57. The largest absolute Gasteiger partial charge is 0.774 e. The highest BCUT2D eigenvalue weighted by molar-refractivity contribution is 7.51. The van der Waals surface area contributed by atoms with E-state index in [2.05, 4.69) is 19.1 Å². The van der Waals surface area contributed by atoms with Crippen LogP contribution in [0.25, 0.3) is 0 Å². The Morgan fingerprint density at radius 3 is 1.62 bits per heavy atom. The number of hydrogen-bond acceptors (Lipinski definition) is 5. The summed E-state index contributed by atoms with van der Waals surface area (Å²) in [4.78, 5) is 12.6. The molecular formula is C32H66NO5P. The molecule has 0 aromatic rings. The third-order valence-electron chi connectivity index (χ3n) is 7.50. The normalized spacial score (nSPS) is 15.6. The summed E-state index contributed by atoms with van der Waals surface area (Å²) in [6, 6.07) is 0. The van der Waals surface area contributed by atoms with Gasteiger partial charge in [-0.2, -0.15) is 0 Å². The number of unbranched alkanes of at least 4 members (excludes halogenated alkanes) is 16. The van der Waals surface area contributed by atoms with Crippen LogP contribution in [0.4, 0.5) is 0 Å². The predicted octanol–water partition coefficient (Wildman–Crippen LogP) is 8.63. The van der Waals surface area contributed by atoms with E-state index in [0.29, 0.717) is 24.1 Å². The topological polar surface area (TPSA) is 67.8 Å². The summed E-state index contributed by atoms with van der Waals surface area (Å²) in [7, 11) is 3.20. The number of ether oxygens (including phenoxy) is 2. The van der Waals surface area contributed by atoms with E-state index in [1.165, 1.54) is 109 Å². The standard InChI is InChI=1S/C32H66NO5P/c1-7-9-10-11-12-13-14-15-16-17-18-19-20-21-22-23-24-25-26-27-28-37-29-31(36-6)30-38-39(34,35)32(8-2)33(3,4)5/h16-17,31-32H,7-15,18-30H2,1-6H3/b17-16-/t31-,32?/m1/s1. The van der Waals surface area contributed by atoms with Gasteiger partial charge < -0.3 is 27.9 Å². The second-order valence-electron chi connectivity index (χ2n) is 12.1. The summed E-state index contributed by atoms with van der Waals surface area (Å²) in [5, 5.41) is 0. The molecule has 0 aromatic carbocycles. The second-order valence-corrected chi connectivity index (χ2v) is 14.1. The molecule has 0 aromatic heterocycles. The quantitative estimate of drug-likeness (QED) is 0.0386. The molecule has 3 atom stereocenters. The minimum Gasteiger partial charge on any atom is -0.774 e. The zero-order valence-corrected chi connectivity index (χ0v) is 27.7. The number of hydrogen-bond donors (Lipinski definition) is 0. The monoisotopic (exact) mass is 575 g/mol. The summed E-state index contributed by atoms with van der Waals surface area (Å²) in [5.74, 6) is -0.567. The molecular weight excluding hydrogens is 509 g/mol. The van der Waals surface area contributed by atoms with Gasteiger partial charge in [0.05, 0.1) is 34.4 Å². The minimum atomic E-state index is -3.99. The molecule has 0 rings (SSSR count). The number of allylic oxidation sites excluding steroid dienone is 2. The molecule has 0 amide bonds. The van der Waals surface area contributed by atoms with E-state index in [4.69, 9.17) is 14.0 Å². The van der Waals surface area contributed by atoms with Crippen molar-refractivity contribution in [3.63, 3.8) is 0 Å². The first-order valence-corrected chi connectivity index (χ1v) is 17.8. The fourth-order valence-corrected chi connectivity index (χ4v) is 6.87. The van der Waals surface area contributed by atoms with Crippen molar-refractivity contribution in [2.75, 3.05) is 48.1 Å². The summed E-state index contributed by atoms with van der Waals surface area (Å²) in [6.45, 7) is 5.19. The number of quaternary nitrogens is 1. The van der Waals surface area contributed by atoms with Gasteiger partial charge in [-0.25, -0.2) is 0 Å².